The van der Waals surface area contributed by atoms with E-state index in [2.05, 4.69) is 19.9 Å². The van der Waals surface area contributed by atoms with E-state index >= 15 is 8.78 Å². The molecule has 4 N–H and O–H groups in total. The summed E-state index contributed by atoms with van der Waals surface area (Å²) in [5, 5.41) is 10.4. The number of nitrogens with one attached hydrogen (secondary N) is 1. The van der Waals surface area contributed by atoms with Crippen LogP contribution in [0.15, 0.2) is 60.0 Å². The van der Waals surface area contributed by atoms with Crippen molar-refractivity contribution in [3.63, 3.8) is 0 Å². The predicted octanol–water partition coefficient (Wildman–Crippen LogP) is 3.77. The fraction of sp³-hybridized carbons (Fsp3) is 0.258. The van der Waals surface area contributed by atoms with E-state index < -0.39 is 58.5 Å². The first-order valence-corrected chi connectivity index (χ1v) is 14.2. The summed E-state index contributed by atoms with van der Waals surface area (Å²) >= 11 is 0. The number of anilines is 1. The Labute approximate surface area is 262 Å². The van der Waals surface area contributed by atoms with Crippen LogP contribution in [0.1, 0.15) is 28.5 Å². The number of halogens is 2. The molecule has 0 saturated carbocycles. The zero-order chi connectivity index (χ0) is 33.0. The van der Waals surface area contributed by atoms with Crippen molar-refractivity contribution in [1.82, 2.24) is 19.9 Å². The zero-order valence-electron chi connectivity index (χ0n) is 25.2. The summed E-state index contributed by atoms with van der Waals surface area (Å²) in [4.78, 5) is 43.1. The van der Waals surface area contributed by atoms with E-state index in [1.165, 1.54) is 25.6 Å². The number of hydrogen-bond acceptors (Lipinski definition) is 11. The normalized spacial score (nSPS) is 13.2. The van der Waals surface area contributed by atoms with Crippen molar-refractivity contribution in [3.8, 4) is 29.0 Å². The van der Waals surface area contributed by atoms with Crippen LogP contribution in [0, 0.1) is 11.6 Å². The standard InChI is InChI=1S/C31H31F2N7O6/c1-4-44-31(43)21(14-19-15-35-16-37-19)40(3)26-24(32)29(45-20-7-5-6-18(12-20)28-36-10-11-39(28)2)38-30(25(26)33)46-23-13-17(27(34)42)8-9-22(23)41/h5-9,12-13,15-16,21,41H,4,10-11,14H2,1-3H3,(H2,34,42)(H,35,37). The molecule has 0 aliphatic carbocycles. The summed E-state index contributed by atoms with van der Waals surface area (Å²) in [6.45, 7) is 2.97. The topological polar surface area (TPSA) is 168 Å². The number of H-pyrrole nitrogens is 1. The van der Waals surface area contributed by atoms with Crippen LogP contribution >= 0.6 is 0 Å². The molecule has 2 aromatic carbocycles. The number of phenols is 1. The number of imidazole rings is 1. The number of esters is 1. The Morgan fingerprint density at radius 1 is 1.15 bits per heavy atom. The Hall–Kier alpha value is -5.73. The third-order valence-corrected chi connectivity index (χ3v) is 7.16. The van der Waals surface area contributed by atoms with Crippen molar-refractivity contribution in [2.24, 2.45) is 10.7 Å². The Morgan fingerprint density at radius 2 is 1.91 bits per heavy atom. The average molecular weight is 636 g/mol. The van der Waals surface area contributed by atoms with Crippen molar-refractivity contribution in [2.45, 2.75) is 19.4 Å². The van der Waals surface area contributed by atoms with Crippen molar-refractivity contribution >= 4 is 23.4 Å². The number of phenolic OH excluding ortho intramolecular Hbond substituents is 1. The van der Waals surface area contributed by atoms with Crippen molar-refractivity contribution < 1.29 is 37.7 Å². The number of nitrogens with zero attached hydrogens (tertiary/aromatic N) is 5. The second kappa shape index (κ2) is 13.5. The summed E-state index contributed by atoms with van der Waals surface area (Å²) in [6, 6.07) is 8.86. The highest BCUT2D eigenvalue weighted by Gasteiger charge is 2.34. The number of ether oxygens (including phenoxy) is 3. The highest BCUT2D eigenvalue weighted by molar-refractivity contribution is 6.00. The summed E-state index contributed by atoms with van der Waals surface area (Å²) < 4.78 is 49.3. The number of pyridine rings is 1. The lowest BCUT2D eigenvalue weighted by atomic mass is 10.1. The van der Waals surface area contributed by atoms with Crippen LogP contribution in [0.25, 0.3) is 0 Å². The smallest absolute Gasteiger partial charge is 0.329 e. The van der Waals surface area contributed by atoms with Crippen LogP contribution in [0.3, 0.4) is 0 Å². The zero-order valence-corrected chi connectivity index (χ0v) is 25.2. The lowest BCUT2D eigenvalue weighted by Gasteiger charge is -2.29. The van der Waals surface area contributed by atoms with Crippen molar-refractivity contribution in [2.75, 3.05) is 38.7 Å². The Kier molecular flexibility index (Phi) is 9.30. The van der Waals surface area contributed by atoms with Gasteiger partial charge in [-0.3, -0.25) is 9.79 Å². The maximum absolute atomic E-state index is 16.3. The van der Waals surface area contributed by atoms with Crippen LogP contribution in [-0.2, 0) is 16.0 Å². The van der Waals surface area contributed by atoms with Crippen LogP contribution < -0.4 is 20.1 Å². The Morgan fingerprint density at radius 3 is 2.57 bits per heavy atom. The van der Waals surface area contributed by atoms with Gasteiger partial charge in [-0.2, -0.15) is 13.8 Å². The number of aromatic nitrogens is 3. The van der Waals surface area contributed by atoms with Gasteiger partial charge in [0.25, 0.3) is 11.8 Å². The van der Waals surface area contributed by atoms with Gasteiger partial charge in [-0.1, -0.05) is 12.1 Å². The van der Waals surface area contributed by atoms with Gasteiger partial charge in [-0.05, 0) is 37.3 Å². The third kappa shape index (κ3) is 6.67. The van der Waals surface area contributed by atoms with Gasteiger partial charge in [0.15, 0.2) is 11.5 Å². The largest absolute Gasteiger partial charge is 0.504 e. The SMILES string of the molecule is CCOC(=O)C(Cc1cnc[nH]1)N(C)c1c(F)c(Oc2cccc(C3=NCCN3C)c2)nc(Oc2cc(C(N)=O)ccc2O)c1F. The van der Waals surface area contributed by atoms with E-state index in [-0.39, 0.29) is 24.3 Å². The van der Waals surface area contributed by atoms with Gasteiger partial charge in [0, 0.05) is 50.1 Å². The molecule has 46 heavy (non-hydrogen) atoms. The van der Waals surface area contributed by atoms with Gasteiger partial charge < -0.3 is 39.8 Å². The number of nitrogens with two attached hydrogens (primary N) is 1. The highest BCUT2D eigenvalue weighted by atomic mass is 19.1. The lowest BCUT2D eigenvalue weighted by molar-refractivity contribution is -0.144. The summed E-state index contributed by atoms with van der Waals surface area (Å²) in [5.41, 5.74) is 5.76. The highest BCUT2D eigenvalue weighted by Crippen LogP contribution is 2.40. The molecule has 1 aliphatic rings. The molecule has 1 atom stereocenters. The molecule has 5 rings (SSSR count). The molecule has 0 radical (unpaired) electrons. The Bertz CT molecular complexity index is 1780. The number of likely N-dealkylation sites (N-methyl/N-ethyl adjacent to an activating group) is 2. The first kappa shape index (κ1) is 31.7. The number of primary amides is 1. The van der Waals surface area contributed by atoms with Crippen LogP contribution in [-0.4, -0.2) is 82.5 Å². The quantitative estimate of drug-likeness (QED) is 0.195. The molecule has 15 heteroatoms. The number of aromatic amines is 1. The van der Waals surface area contributed by atoms with E-state index in [9.17, 15) is 14.7 Å². The number of amides is 1. The van der Waals surface area contributed by atoms with Crippen LogP contribution in [0.4, 0.5) is 14.5 Å². The predicted molar refractivity (Wildman–Crippen MR) is 163 cm³/mol. The summed E-state index contributed by atoms with van der Waals surface area (Å²) in [7, 11) is 3.19. The van der Waals surface area contributed by atoms with Gasteiger partial charge in [0.05, 0.1) is 19.5 Å². The molecule has 0 bridgehead atoms. The fourth-order valence-electron chi connectivity index (χ4n) is 4.82. The van der Waals surface area contributed by atoms with Crippen LogP contribution in [0.2, 0.25) is 0 Å². The molecular formula is C31H31F2N7O6. The minimum absolute atomic E-state index is 0.0164. The summed E-state index contributed by atoms with van der Waals surface area (Å²) in [5.74, 6) is -5.71. The number of benzene rings is 2. The van der Waals surface area contributed by atoms with Gasteiger partial charge in [0.2, 0.25) is 17.5 Å². The van der Waals surface area contributed by atoms with E-state index in [1.807, 2.05) is 18.0 Å². The molecule has 0 fully saturated rings. The van der Waals surface area contributed by atoms with E-state index in [0.29, 0.717) is 23.6 Å². The van der Waals surface area contributed by atoms with Gasteiger partial charge in [-0.15, -0.1) is 0 Å². The first-order chi connectivity index (χ1) is 22.1. The molecule has 1 aliphatic heterocycles. The first-order valence-electron chi connectivity index (χ1n) is 14.2. The van der Waals surface area contributed by atoms with Gasteiger partial charge in [-0.25, -0.2) is 9.78 Å². The lowest BCUT2D eigenvalue weighted by Crippen LogP contribution is -2.42. The number of carbonyl (C=O) groups is 2. The van der Waals surface area contributed by atoms with Gasteiger partial charge >= 0.3 is 5.97 Å². The minimum atomic E-state index is -1.33. The second-order valence-electron chi connectivity index (χ2n) is 10.3. The van der Waals surface area contributed by atoms with Crippen molar-refractivity contribution in [1.29, 1.82) is 0 Å². The number of aromatic hydroxyl groups is 1. The molecule has 0 saturated heterocycles. The monoisotopic (exact) mass is 635 g/mol. The maximum Gasteiger partial charge on any atom is 0.329 e. The van der Waals surface area contributed by atoms with E-state index in [1.54, 1.807) is 25.1 Å². The number of amidine groups is 1. The Balaban J connectivity index is 1.61. The summed E-state index contributed by atoms with van der Waals surface area (Å²) in [6.07, 6.45) is 2.82. The van der Waals surface area contributed by atoms with Gasteiger partial charge in [0.1, 0.15) is 23.3 Å². The molecule has 3 heterocycles. The second-order valence-corrected chi connectivity index (χ2v) is 10.3. The fourth-order valence-corrected chi connectivity index (χ4v) is 4.82. The number of hydrogen-bond donors (Lipinski definition) is 3. The minimum Gasteiger partial charge on any atom is -0.504 e. The molecular weight excluding hydrogens is 604 g/mol. The molecule has 13 nitrogen and oxygen atoms in total. The number of carbonyl (C=O) groups excluding carboxylic acids is 2. The average Bonchev–Trinajstić information content (AvgIpc) is 3.71. The number of rotatable bonds is 12. The van der Waals surface area contributed by atoms with Crippen molar-refractivity contribution in [3.05, 3.63) is 83.4 Å². The molecule has 0 spiro atoms. The van der Waals surface area contributed by atoms with E-state index in [0.717, 1.165) is 23.6 Å². The molecule has 4 aromatic rings. The third-order valence-electron chi connectivity index (χ3n) is 7.16. The molecule has 1 amide bonds. The maximum atomic E-state index is 16.3. The molecule has 1 unspecified atom stereocenters. The number of aliphatic imine (C=N–C) groups is 1. The van der Waals surface area contributed by atoms with E-state index in [4.69, 9.17) is 19.9 Å². The molecule has 240 valence electrons. The molecule has 2 aromatic heterocycles. The van der Waals surface area contributed by atoms with Crippen LogP contribution in [0.5, 0.6) is 29.0 Å².